The zero-order chi connectivity index (χ0) is 21.3. The Bertz CT molecular complexity index is 1070. The van der Waals surface area contributed by atoms with Crippen LogP contribution in [-0.2, 0) is 17.5 Å². The summed E-state index contributed by atoms with van der Waals surface area (Å²) in [7, 11) is 0. The van der Waals surface area contributed by atoms with Crippen LogP contribution in [0.3, 0.4) is 0 Å². The number of anilines is 1. The van der Waals surface area contributed by atoms with E-state index in [4.69, 9.17) is 12.2 Å². The van der Waals surface area contributed by atoms with Gasteiger partial charge in [-0.2, -0.15) is 18.3 Å². The fourth-order valence-electron chi connectivity index (χ4n) is 3.22. The van der Waals surface area contributed by atoms with Gasteiger partial charge in [0.25, 0.3) is 0 Å². The van der Waals surface area contributed by atoms with Gasteiger partial charge < -0.3 is 9.80 Å². The molecule has 1 fully saturated rings. The van der Waals surface area contributed by atoms with Crippen LogP contribution in [0.1, 0.15) is 5.56 Å². The van der Waals surface area contributed by atoms with Gasteiger partial charge in [0.2, 0.25) is 5.91 Å². The molecule has 158 valence electrons. The lowest BCUT2D eigenvalue weighted by Gasteiger charge is -2.35. The quantitative estimate of drug-likeness (QED) is 0.612. The Kier molecular flexibility index (Phi) is 5.60. The zero-order valence-corrected chi connectivity index (χ0v) is 17.2. The van der Waals surface area contributed by atoms with Crippen LogP contribution in [0.2, 0.25) is 0 Å². The number of alkyl halides is 3. The molecule has 1 aliphatic heterocycles. The standard InChI is InChI=1S/C18H17F3N6OS2/c19-18(20,21)12-3-4-14(22-10-12)25-5-7-26(8-6-25)15(28)11-27-16(23-24-17(27)29)13-2-1-9-30-13/h1-4,9-10H,5-8,11H2,(H,24,29). The van der Waals surface area contributed by atoms with Crippen molar-refractivity contribution in [2.24, 2.45) is 0 Å². The van der Waals surface area contributed by atoms with Crippen LogP contribution in [-0.4, -0.2) is 56.7 Å². The van der Waals surface area contributed by atoms with Crippen LogP contribution in [0.25, 0.3) is 10.7 Å². The first-order chi connectivity index (χ1) is 14.3. The zero-order valence-electron chi connectivity index (χ0n) is 15.6. The number of nitrogens with one attached hydrogen (secondary N) is 1. The summed E-state index contributed by atoms with van der Waals surface area (Å²) in [6.07, 6.45) is -3.58. The van der Waals surface area contributed by atoms with E-state index in [0.717, 1.165) is 17.1 Å². The molecule has 0 unspecified atom stereocenters. The van der Waals surface area contributed by atoms with E-state index >= 15 is 0 Å². The second-order valence-corrected chi connectivity index (χ2v) is 8.02. The second kappa shape index (κ2) is 8.19. The molecule has 12 heteroatoms. The highest BCUT2D eigenvalue weighted by Crippen LogP contribution is 2.29. The van der Waals surface area contributed by atoms with Crippen molar-refractivity contribution in [2.45, 2.75) is 12.7 Å². The van der Waals surface area contributed by atoms with Gasteiger partial charge in [-0.25, -0.2) is 4.98 Å². The van der Waals surface area contributed by atoms with Gasteiger partial charge in [-0.1, -0.05) is 6.07 Å². The van der Waals surface area contributed by atoms with Crippen molar-refractivity contribution >= 4 is 35.3 Å². The van der Waals surface area contributed by atoms with Crippen molar-refractivity contribution in [3.05, 3.63) is 46.2 Å². The Hall–Kier alpha value is -2.73. The largest absolute Gasteiger partial charge is 0.417 e. The van der Waals surface area contributed by atoms with Crippen LogP contribution in [0.5, 0.6) is 0 Å². The van der Waals surface area contributed by atoms with Gasteiger partial charge in [0.15, 0.2) is 10.6 Å². The predicted octanol–water partition coefficient (Wildman–Crippen LogP) is 3.43. The summed E-state index contributed by atoms with van der Waals surface area (Å²) in [5.74, 6) is 0.994. The molecule has 1 saturated heterocycles. The maximum absolute atomic E-state index is 12.8. The molecule has 4 heterocycles. The average molecular weight is 455 g/mol. The number of aromatic nitrogens is 4. The first-order valence-electron chi connectivity index (χ1n) is 9.08. The molecular formula is C18H17F3N6OS2. The van der Waals surface area contributed by atoms with Gasteiger partial charge in [-0.05, 0) is 35.8 Å². The lowest BCUT2D eigenvalue weighted by molar-refractivity contribution is -0.138. The molecule has 3 aromatic heterocycles. The first kappa shape index (κ1) is 20.5. The summed E-state index contributed by atoms with van der Waals surface area (Å²) < 4.78 is 40.1. The number of hydrogen-bond acceptors (Lipinski definition) is 6. The van der Waals surface area contributed by atoms with Gasteiger partial charge in [0.05, 0.1) is 10.4 Å². The number of halogens is 3. The van der Waals surface area contributed by atoms with Crippen LogP contribution in [0.4, 0.5) is 19.0 Å². The monoisotopic (exact) mass is 454 g/mol. The summed E-state index contributed by atoms with van der Waals surface area (Å²) in [5, 5.41) is 8.88. The molecule has 0 bridgehead atoms. The van der Waals surface area contributed by atoms with Gasteiger partial charge >= 0.3 is 6.18 Å². The fourth-order valence-corrected chi connectivity index (χ4v) is 4.14. The average Bonchev–Trinajstić information content (AvgIpc) is 3.38. The molecule has 0 atom stereocenters. The third-order valence-electron chi connectivity index (χ3n) is 4.82. The number of piperazine rings is 1. The van der Waals surface area contributed by atoms with Crippen LogP contribution in [0, 0.1) is 4.77 Å². The Morgan fingerprint density at radius 1 is 1.20 bits per heavy atom. The molecule has 0 radical (unpaired) electrons. The summed E-state index contributed by atoms with van der Waals surface area (Å²) in [5.41, 5.74) is -0.779. The first-order valence-corrected chi connectivity index (χ1v) is 10.4. The lowest BCUT2D eigenvalue weighted by Crippen LogP contribution is -2.49. The predicted molar refractivity (Wildman–Crippen MR) is 109 cm³/mol. The normalized spacial score (nSPS) is 14.9. The molecule has 0 aliphatic carbocycles. The summed E-state index contributed by atoms with van der Waals surface area (Å²) in [6.45, 7) is 1.93. The van der Waals surface area contributed by atoms with Crippen molar-refractivity contribution in [1.29, 1.82) is 0 Å². The minimum atomic E-state index is -4.41. The molecular weight excluding hydrogens is 437 g/mol. The molecule has 0 spiro atoms. The van der Waals surface area contributed by atoms with E-state index < -0.39 is 11.7 Å². The summed E-state index contributed by atoms with van der Waals surface area (Å²) in [4.78, 5) is 21.2. The number of hydrogen-bond donors (Lipinski definition) is 1. The minimum absolute atomic E-state index is 0.0705. The highest BCUT2D eigenvalue weighted by molar-refractivity contribution is 7.71. The number of nitrogens with zero attached hydrogens (tertiary/aromatic N) is 5. The second-order valence-electron chi connectivity index (χ2n) is 6.69. The van der Waals surface area contributed by atoms with Crippen molar-refractivity contribution in [3.63, 3.8) is 0 Å². The number of rotatable bonds is 4. The minimum Gasteiger partial charge on any atom is -0.353 e. The highest BCUT2D eigenvalue weighted by Gasteiger charge is 2.31. The van der Waals surface area contributed by atoms with E-state index in [1.165, 1.54) is 17.4 Å². The molecule has 30 heavy (non-hydrogen) atoms. The number of carbonyl (C=O) groups is 1. The van der Waals surface area contributed by atoms with Crippen LogP contribution in [0.15, 0.2) is 35.8 Å². The smallest absolute Gasteiger partial charge is 0.353 e. The molecule has 0 aromatic carbocycles. The Morgan fingerprint density at radius 3 is 2.57 bits per heavy atom. The van der Waals surface area contributed by atoms with Crippen LogP contribution >= 0.6 is 23.6 Å². The van der Waals surface area contributed by atoms with E-state index in [-0.39, 0.29) is 12.5 Å². The number of carbonyl (C=O) groups excluding carboxylic acids is 1. The van der Waals surface area contributed by atoms with E-state index in [1.54, 1.807) is 9.47 Å². The van der Waals surface area contributed by atoms with Gasteiger partial charge in [0, 0.05) is 32.4 Å². The number of amides is 1. The molecule has 0 saturated carbocycles. The molecule has 4 rings (SSSR count). The maximum Gasteiger partial charge on any atom is 0.417 e. The molecule has 1 aliphatic rings. The van der Waals surface area contributed by atoms with Crippen molar-refractivity contribution in [1.82, 2.24) is 24.6 Å². The molecule has 1 amide bonds. The van der Waals surface area contributed by atoms with Crippen molar-refractivity contribution in [2.75, 3.05) is 31.1 Å². The Morgan fingerprint density at radius 2 is 1.97 bits per heavy atom. The van der Waals surface area contributed by atoms with Crippen molar-refractivity contribution in [3.8, 4) is 10.7 Å². The van der Waals surface area contributed by atoms with E-state index in [0.29, 0.717) is 42.6 Å². The van der Waals surface area contributed by atoms with E-state index in [9.17, 15) is 18.0 Å². The van der Waals surface area contributed by atoms with Gasteiger partial charge in [-0.3, -0.25) is 14.5 Å². The molecule has 1 N–H and O–H groups in total. The third-order valence-corrected chi connectivity index (χ3v) is 6.00. The van der Waals surface area contributed by atoms with Crippen LogP contribution < -0.4 is 4.90 Å². The lowest BCUT2D eigenvalue weighted by atomic mass is 10.2. The van der Waals surface area contributed by atoms with E-state index in [1.807, 2.05) is 22.4 Å². The highest BCUT2D eigenvalue weighted by atomic mass is 32.1. The molecule has 3 aromatic rings. The van der Waals surface area contributed by atoms with Gasteiger partial charge in [-0.15, -0.1) is 11.3 Å². The topological polar surface area (TPSA) is 70.1 Å². The Labute approximate surface area is 178 Å². The SMILES string of the molecule is O=C(Cn1c(-c2cccs2)n[nH]c1=S)N1CCN(c2ccc(C(F)(F)F)cn2)CC1. The van der Waals surface area contributed by atoms with Gasteiger partial charge in [0.1, 0.15) is 12.4 Å². The summed E-state index contributed by atoms with van der Waals surface area (Å²) in [6, 6.07) is 6.19. The fraction of sp³-hybridized carbons (Fsp3) is 0.333. The number of H-pyrrole nitrogens is 1. The maximum atomic E-state index is 12.8. The van der Waals surface area contributed by atoms with E-state index in [2.05, 4.69) is 15.2 Å². The Balaban J connectivity index is 1.39. The number of aromatic amines is 1. The number of pyridine rings is 1. The van der Waals surface area contributed by atoms with Crippen molar-refractivity contribution < 1.29 is 18.0 Å². The number of thiophene rings is 1. The third kappa shape index (κ3) is 4.24. The molecule has 7 nitrogen and oxygen atoms in total. The summed E-state index contributed by atoms with van der Waals surface area (Å²) >= 11 is 6.78.